The van der Waals surface area contributed by atoms with Crippen LogP contribution in [-0.2, 0) is 4.79 Å². The van der Waals surface area contributed by atoms with Crippen LogP contribution in [0.2, 0.25) is 0 Å². The zero-order valence-corrected chi connectivity index (χ0v) is 22.3. The van der Waals surface area contributed by atoms with Gasteiger partial charge in [0, 0.05) is 49.5 Å². The molecule has 5 rings (SSSR count). The molecule has 0 aliphatic carbocycles. The number of rotatable bonds is 7. The Hall–Kier alpha value is -3.92. The highest BCUT2D eigenvalue weighted by atomic mass is 19.1. The van der Waals surface area contributed by atoms with E-state index in [2.05, 4.69) is 10.1 Å². The Morgan fingerprint density at radius 3 is 2.52 bits per heavy atom. The Kier molecular flexibility index (Phi) is 7.42. The summed E-state index contributed by atoms with van der Waals surface area (Å²) >= 11 is 0. The summed E-state index contributed by atoms with van der Waals surface area (Å²) in [7, 11) is 0. The van der Waals surface area contributed by atoms with Crippen molar-refractivity contribution in [1.29, 1.82) is 0 Å². The summed E-state index contributed by atoms with van der Waals surface area (Å²) in [4.78, 5) is 19.9. The first kappa shape index (κ1) is 26.3. The molecule has 0 saturated carbocycles. The van der Waals surface area contributed by atoms with E-state index in [1.807, 2.05) is 4.90 Å². The summed E-state index contributed by atoms with van der Waals surface area (Å²) in [6.45, 7) is 4.27. The summed E-state index contributed by atoms with van der Waals surface area (Å²) in [6, 6.07) is 9.01. The van der Waals surface area contributed by atoms with E-state index in [9.17, 15) is 23.1 Å². The van der Waals surface area contributed by atoms with Crippen LogP contribution in [-0.4, -0.2) is 52.5 Å². The van der Waals surface area contributed by atoms with Crippen LogP contribution in [0, 0.1) is 23.4 Å². The van der Waals surface area contributed by atoms with Gasteiger partial charge in [0.05, 0.1) is 13.0 Å². The molecule has 1 fully saturated rings. The van der Waals surface area contributed by atoms with E-state index in [-0.39, 0.29) is 24.5 Å². The number of benzene rings is 2. The maximum Gasteiger partial charge on any atom is 0.246 e. The number of carbonyl (C=O) groups is 1. The fourth-order valence-electron chi connectivity index (χ4n) is 4.88. The number of carbonyl (C=O) groups excluding carboxylic acids is 1. The van der Waals surface area contributed by atoms with Crippen molar-refractivity contribution < 1.29 is 29.2 Å². The third kappa shape index (κ3) is 6.28. The number of aliphatic hydroxyl groups is 1. The van der Waals surface area contributed by atoms with E-state index in [0.717, 1.165) is 23.2 Å². The first-order chi connectivity index (χ1) is 19.4. The number of anilines is 1. The highest BCUT2D eigenvalue weighted by molar-refractivity contribution is 5.82. The van der Waals surface area contributed by atoms with Crippen LogP contribution in [0.1, 0.15) is 46.1 Å². The number of hydrazone groups is 1. The van der Waals surface area contributed by atoms with E-state index in [1.54, 1.807) is 38.2 Å². The molecule has 210 valence electrons. The van der Waals surface area contributed by atoms with Gasteiger partial charge in [0.1, 0.15) is 35.6 Å². The SMILES string of the molecule is [2H]C1(c2cc(F)cc(F)c2)CC=NN1C(=O)C1CCN(c2cc(-c3cc(OCC(C)(C)O)ccc3F)ccn2)CC1. The molecule has 2 aliphatic heterocycles. The van der Waals surface area contributed by atoms with E-state index in [1.165, 1.54) is 18.3 Å². The molecule has 0 radical (unpaired) electrons. The first-order valence-electron chi connectivity index (χ1n) is 13.6. The van der Waals surface area contributed by atoms with Crippen LogP contribution in [0.25, 0.3) is 11.1 Å². The molecule has 3 aromatic rings. The Labute approximate surface area is 232 Å². The van der Waals surface area contributed by atoms with Gasteiger partial charge in [-0.2, -0.15) is 5.10 Å². The third-order valence-electron chi connectivity index (χ3n) is 6.90. The van der Waals surface area contributed by atoms with Crippen LogP contribution < -0.4 is 9.64 Å². The van der Waals surface area contributed by atoms with Gasteiger partial charge in [-0.05, 0) is 80.3 Å². The predicted octanol–water partition coefficient (Wildman–Crippen LogP) is 5.49. The van der Waals surface area contributed by atoms with Gasteiger partial charge >= 0.3 is 0 Å². The van der Waals surface area contributed by atoms with Crippen molar-refractivity contribution in [3.63, 3.8) is 0 Å². The lowest BCUT2D eigenvalue weighted by molar-refractivity contribution is -0.138. The zero-order valence-electron chi connectivity index (χ0n) is 23.3. The number of amides is 1. The molecular formula is C30H31F3N4O3. The van der Waals surface area contributed by atoms with Crippen molar-refractivity contribution in [2.75, 3.05) is 24.6 Å². The number of hydrogen-bond acceptors (Lipinski definition) is 6. The topological polar surface area (TPSA) is 78.3 Å². The minimum absolute atomic E-state index is 0.0255. The van der Waals surface area contributed by atoms with Crippen LogP contribution in [0.5, 0.6) is 5.75 Å². The number of piperidine rings is 1. The van der Waals surface area contributed by atoms with E-state index in [0.29, 0.717) is 48.6 Å². The molecule has 1 atom stereocenters. The monoisotopic (exact) mass is 553 g/mol. The van der Waals surface area contributed by atoms with Gasteiger partial charge in [-0.15, -0.1) is 0 Å². The predicted molar refractivity (Wildman–Crippen MR) is 145 cm³/mol. The van der Waals surface area contributed by atoms with Gasteiger partial charge < -0.3 is 14.7 Å². The molecule has 2 aliphatic rings. The zero-order chi connectivity index (χ0) is 29.4. The fraction of sp³-hybridized carbons (Fsp3) is 0.367. The van der Waals surface area contributed by atoms with Crippen molar-refractivity contribution >= 4 is 17.9 Å². The van der Waals surface area contributed by atoms with Crippen molar-refractivity contribution in [2.45, 2.75) is 44.7 Å². The highest BCUT2D eigenvalue weighted by Crippen LogP contribution is 2.34. The van der Waals surface area contributed by atoms with Crippen LogP contribution >= 0.6 is 0 Å². The molecule has 3 heterocycles. The average molecular weight is 554 g/mol. The molecule has 40 heavy (non-hydrogen) atoms. The molecule has 1 aromatic heterocycles. The fourth-order valence-corrected chi connectivity index (χ4v) is 4.88. The minimum atomic E-state index is -1.72. The molecule has 7 nitrogen and oxygen atoms in total. The number of nitrogens with zero attached hydrogens (tertiary/aromatic N) is 4. The quantitative estimate of drug-likeness (QED) is 0.419. The summed E-state index contributed by atoms with van der Waals surface area (Å²) in [5.41, 5.74) is -0.0698. The Morgan fingerprint density at radius 1 is 1.10 bits per heavy atom. The van der Waals surface area contributed by atoms with E-state index < -0.39 is 35.0 Å². The molecule has 1 amide bonds. The number of halogens is 3. The molecule has 1 unspecified atom stereocenters. The molecule has 1 saturated heterocycles. The second-order valence-corrected chi connectivity index (χ2v) is 10.7. The number of aromatic nitrogens is 1. The molecular weight excluding hydrogens is 521 g/mol. The van der Waals surface area contributed by atoms with Gasteiger partial charge in [0.2, 0.25) is 5.91 Å². The molecule has 0 bridgehead atoms. The molecule has 1 N–H and O–H groups in total. The normalized spacial score (nSPS) is 20.1. The Morgan fingerprint density at radius 2 is 1.82 bits per heavy atom. The standard InChI is InChI=1S/C30H31F3N4O3/c1-30(2,39)18-40-24-3-4-26(33)25(17-24)20-5-9-34-28(15-20)36-11-7-19(8-12-36)29(38)37-27(6-10-35-37)21-13-22(31)16-23(32)14-21/h3-5,9-10,13-17,19,27,39H,6-8,11-12,18H2,1-2H3/i27D. The molecule has 2 aromatic carbocycles. The Balaban J connectivity index is 1.27. The summed E-state index contributed by atoms with van der Waals surface area (Å²) in [6.07, 6.45) is 3.95. The van der Waals surface area contributed by atoms with Crippen LogP contribution in [0.15, 0.2) is 59.8 Å². The average Bonchev–Trinajstić information content (AvgIpc) is 3.34. The summed E-state index contributed by atoms with van der Waals surface area (Å²) in [5, 5.41) is 15.1. The Bertz CT molecular complexity index is 1450. The van der Waals surface area contributed by atoms with Crippen molar-refractivity contribution in [2.24, 2.45) is 11.0 Å². The van der Waals surface area contributed by atoms with Gasteiger partial charge in [0.15, 0.2) is 0 Å². The van der Waals surface area contributed by atoms with Gasteiger partial charge in [-0.3, -0.25) is 4.79 Å². The van der Waals surface area contributed by atoms with Crippen LogP contribution in [0.4, 0.5) is 19.0 Å². The molecule has 10 heteroatoms. The smallest absolute Gasteiger partial charge is 0.246 e. The number of pyridine rings is 1. The minimum Gasteiger partial charge on any atom is -0.491 e. The number of ether oxygens (including phenoxy) is 1. The van der Waals surface area contributed by atoms with Gasteiger partial charge in [-0.1, -0.05) is 0 Å². The van der Waals surface area contributed by atoms with Crippen molar-refractivity contribution in [3.8, 4) is 16.9 Å². The first-order valence-corrected chi connectivity index (χ1v) is 13.1. The second-order valence-electron chi connectivity index (χ2n) is 10.7. The van der Waals surface area contributed by atoms with Gasteiger partial charge in [-0.25, -0.2) is 23.2 Å². The lowest BCUT2D eigenvalue weighted by atomic mass is 9.94. The highest BCUT2D eigenvalue weighted by Gasteiger charge is 2.35. The largest absolute Gasteiger partial charge is 0.491 e. The summed E-state index contributed by atoms with van der Waals surface area (Å²) < 4.78 is 57.0. The lowest BCUT2D eigenvalue weighted by Crippen LogP contribution is -2.41. The number of hydrogen-bond donors (Lipinski definition) is 1. The van der Waals surface area contributed by atoms with Crippen LogP contribution in [0.3, 0.4) is 0 Å². The van der Waals surface area contributed by atoms with E-state index in [4.69, 9.17) is 6.11 Å². The summed E-state index contributed by atoms with van der Waals surface area (Å²) in [5.74, 6) is -1.81. The lowest BCUT2D eigenvalue weighted by Gasteiger charge is -2.34. The van der Waals surface area contributed by atoms with Crippen molar-refractivity contribution in [1.82, 2.24) is 9.99 Å². The van der Waals surface area contributed by atoms with Crippen molar-refractivity contribution in [3.05, 3.63) is 77.7 Å². The third-order valence-corrected chi connectivity index (χ3v) is 6.90. The maximum atomic E-state index is 14.8. The maximum absolute atomic E-state index is 14.8. The molecule has 0 spiro atoms. The second kappa shape index (κ2) is 11.3. The van der Waals surface area contributed by atoms with E-state index >= 15 is 0 Å². The van der Waals surface area contributed by atoms with Gasteiger partial charge in [0.25, 0.3) is 0 Å².